The van der Waals surface area contributed by atoms with E-state index >= 15 is 0 Å². The maximum absolute atomic E-state index is 5.44. The molecule has 0 radical (unpaired) electrons. The third-order valence-electron chi connectivity index (χ3n) is 2.88. The molecule has 8 heteroatoms. The minimum Gasteiger partial charge on any atom is -0.446 e. The van der Waals surface area contributed by atoms with E-state index in [9.17, 15) is 0 Å². The minimum absolute atomic E-state index is 0.588. The number of oxazole rings is 1. The predicted molar refractivity (Wildman–Crippen MR) is 75.0 cm³/mol. The molecule has 0 unspecified atom stereocenters. The van der Waals surface area contributed by atoms with Crippen molar-refractivity contribution in [3.05, 3.63) is 39.6 Å². The van der Waals surface area contributed by atoms with Crippen molar-refractivity contribution in [2.75, 3.05) is 0 Å². The van der Waals surface area contributed by atoms with Crippen molar-refractivity contribution in [1.82, 2.24) is 25.4 Å². The normalized spacial score (nSPS) is 11.1. The highest BCUT2D eigenvalue weighted by molar-refractivity contribution is 7.11. The lowest BCUT2D eigenvalue weighted by Crippen LogP contribution is -1.91. The number of aromatic nitrogens is 5. The molecule has 110 valence electrons. The Labute approximate surface area is 125 Å². The highest BCUT2D eigenvalue weighted by Crippen LogP contribution is 2.15. The van der Waals surface area contributed by atoms with Crippen LogP contribution in [0.2, 0.25) is 0 Å². The fraction of sp³-hybridized carbons (Fsp3) is 0.462. The summed E-state index contributed by atoms with van der Waals surface area (Å²) in [5, 5.41) is 18.1. The fourth-order valence-electron chi connectivity index (χ4n) is 1.89. The van der Waals surface area contributed by atoms with E-state index in [1.165, 1.54) is 0 Å². The van der Waals surface area contributed by atoms with Crippen molar-refractivity contribution in [2.24, 2.45) is 0 Å². The largest absolute Gasteiger partial charge is 0.446 e. The molecule has 0 aliphatic rings. The highest BCUT2D eigenvalue weighted by Gasteiger charge is 2.09. The Morgan fingerprint density at radius 1 is 0.857 bits per heavy atom. The Morgan fingerprint density at radius 3 is 2.24 bits per heavy atom. The molecule has 0 saturated heterocycles. The average molecular weight is 305 g/mol. The van der Waals surface area contributed by atoms with Crippen LogP contribution in [0.5, 0.6) is 0 Å². The van der Waals surface area contributed by atoms with Crippen LogP contribution in [0.3, 0.4) is 0 Å². The smallest absolute Gasteiger partial charge is 0.216 e. The molecule has 0 amide bonds. The van der Waals surface area contributed by atoms with E-state index in [-0.39, 0.29) is 0 Å². The molecule has 0 aliphatic carbocycles. The lowest BCUT2D eigenvalue weighted by atomic mass is 10.3. The predicted octanol–water partition coefficient (Wildman–Crippen LogP) is 2.10. The van der Waals surface area contributed by atoms with E-state index in [1.807, 2.05) is 6.92 Å². The Morgan fingerprint density at radius 2 is 1.62 bits per heavy atom. The van der Waals surface area contributed by atoms with Gasteiger partial charge in [-0.15, -0.1) is 31.7 Å². The monoisotopic (exact) mass is 305 g/mol. The maximum atomic E-state index is 5.44. The lowest BCUT2D eigenvalue weighted by molar-refractivity contribution is 0.466. The van der Waals surface area contributed by atoms with Gasteiger partial charge in [-0.1, -0.05) is 0 Å². The SMILES string of the molecule is Cc1ncc(CCc2nnc(CCc3nnc(C)o3)s2)o1. The summed E-state index contributed by atoms with van der Waals surface area (Å²) in [4.78, 5) is 4.08. The van der Waals surface area contributed by atoms with Crippen LogP contribution >= 0.6 is 11.3 Å². The molecule has 0 bridgehead atoms. The molecule has 0 N–H and O–H groups in total. The van der Waals surface area contributed by atoms with Crippen molar-refractivity contribution in [3.8, 4) is 0 Å². The number of nitrogens with zero attached hydrogens (tertiary/aromatic N) is 5. The van der Waals surface area contributed by atoms with Gasteiger partial charge in [-0.2, -0.15) is 0 Å². The van der Waals surface area contributed by atoms with Crippen molar-refractivity contribution in [3.63, 3.8) is 0 Å². The van der Waals surface area contributed by atoms with Gasteiger partial charge in [0, 0.05) is 39.5 Å². The molecule has 21 heavy (non-hydrogen) atoms. The molecular weight excluding hydrogens is 290 g/mol. The van der Waals surface area contributed by atoms with Gasteiger partial charge in [0.05, 0.1) is 6.20 Å². The molecule has 0 saturated carbocycles. The lowest BCUT2D eigenvalue weighted by Gasteiger charge is -1.92. The Hall–Kier alpha value is -2.09. The van der Waals surface area contributed by atoms with Gasteiger partial charge < -0.3 is 8.83 Å². The Kier molecular flexibility index (Phi) is 4.05. The number of aryl methyl sites for hydroxylation is 6. The van der Waals surface area contributed by atoms with Gasteiger partial charge in [-0.25, -0.2) is 4.98 Å². The van der Waals surface area contributed by atoms with Gasteiger partial charge in [0.1, 0.15) is 15.8 Å². The fourth-order valence-corrected chi connectivity index (χ4v) is 2.74. The van der Waals surface area contributed by atoms with E-state index in [2.05, 4.69) is 25.4 Å². The molecule has 3 aromatic rings. The molecule has 0 aromatic carbocycles. The van der Waals surface area contributed by atoms with Gasteiger partial charge in [-0.3, -0.25) is 0 Å². The van der Waals surface area contributed by atoms with Crippen LogP contribution in [0.25, 0.3) is 0 Å². The van der Waals surface area contributed by atoms with Crippen LogP contribution in [0.4, 0.5) is 0 Å². The first-order valence-corrected chi connectivity index (χ1v) is 7.52. The zero-order chi connectivity index (χ0) is 14.7. The molecule has 7 nitrogen and oxygen atoms in total. The second-order valence-corrected chi connectivity index (χ2v) is 5.80. The third kappa shape index (κ3) is 3.72. The highest BCUT2D eigenvalue weighted by atomic mass is 32.1. The number of hydrogen-bond acceptors (Lipinski definition) is 8. The van der Waals surface area contributed by atoms with E-state index < -0.39 is 0 Å². The van der Waals surface area contributed by atoms with E-state index in [4.69, 9.17) is 8.83 Å². The Balaban J connectivity index is 1.51. The molecule has 3 aromatic heterocycles. The number of hydrogen-bond donors (Lipinski definition) is 0. The Bertz CT molecular complexity index is 659. The summed E-state index contributed by atoms with van der Waals surface area (Å²) >= 11 is 1.61. The molecule has 0 aliphatic heterocycles. The first-order chi connectivity index (χ1) is 10.2. The minimum atomic E-state index is 0.588. The summed E-state index contributed by atoms with van der Waals surface area (Å²) < 4.78 is 10.8. The first-order valence-electron chi connectivity index (χ1n) is 6.70. The summed E-state index contributed by atoms with van der Waals surface area (Å²) in [6.45, 7) is 3.62. The van der Waals surface area contributed by atoms with E-state index in [0.29, 0.717) is 24.1 Å². The van der Waals surface area contributed by atoms with Crippen LogP contribution in [-0.2, 0) is 25.7 Å². The molecule has 3 heterocycles. The van der Waals surface area contributed by atoms with Crippen LogP contribution in [-0.4, -0.2) is 25.4 Å². The topological polar surface area (TPSA) is 90.7 Å². The standard InChI is InChI=1S/C13H15N5O2S/c1-8-14-7-10(19-8)3-5-12-17-18-13(21-12)6-4-11-16-15-9(2)20-11/h7H,3-6H2,1-2H3. The van der Waals surface area contributed by atoms with Crippen molar-refractivity contribution < 1.29 is 8.83 Å². The van der Waals surface area contributed by atoms with Crippen LogP contribution < -0.4 is 0 Å². The summed E-state index contributed by atoms with van der Waals surface area (Å²) in [5.74, 6) is 2.80. The number of rotatable bonds is 6. The zero-order valence-electron chi connectivity index (χ0n) is 11.9. The van der Waals surface area contributed by atoms with Gasteiger partial charge in [-0.05, 0) is 0 Å². The summed E-state index contributed by atoms with van der Waals surface area (Å²) in [7, 11) is 0. The molecular formula is C13H15N5O2S. The van der Waals surface area contributed by atoms with Crippen LogP contribution in [0, 0.1) is 13.8 Å². The zero-order valence-corrected chi connectivity index (χ0v) is 12.7. The maximum Gasteiger partial charge on any atom is 0.216 e. The van der Waals surface area contributed by atoms with E-state index in [1.54, 1.807) is 24.5 Å². The molecule has 0 spiro atoms. The summed E-state index contributed by atoms with van der Waals surface area (Å²) in [6, 6.07) is 0. The van der Waals surface area contributed by atoms with Crippen molar-refractivity contribution >= 4 is 11.3 Å². The molecule has 0 fully saturated rings. The molecule has 3 rings (SSSR count). The van der Waals surface area contributed by atoms with Gasteiger partial charge in [0.2, 0.25) is 11.8 Å². The second kappa shape index (κ2) is 6.13. The average Bonchev–Trinajstić information content (AvgIpc) is 3.16. The third-order valence-corrected chi connectivity index (χ3v) is 3.93. The van der Waals surface area contributed by atoms with Crippen molar-refractivity contribution in [1.29, 1.82) is 0 Å². The second-order valence-electron chi connectivity index (χ2n) is 4.65. The summed E-state index contributed by atoms with van der Waals surface area (Å²) in [5.41, 5.74) is 0. The summed E-state index contributed by atoms with van der Waals surface area (Å²) in [6.07, 6.45) is 4.82. The van der Waals surface area contributed by atoms with Gasteiger partial charge >= 0.3 is 0 Å². The van der Waals surface area contributed by atoms with Crippen LogP contribution in [0.1, 0.15) is 33.4 Å². The first kappa shape index (κ1) is 13.9. The van der Waals surface area contributed by atoms with Crippen LogP contribution in [0.15, 0.2) is 15.0 Å². The van der Waals surface area contributed by atoms with Gasteiger partial charge in [0.15, 0.2) is 5.89 Å². The van der Waals surface area contributed by atoms with E-state index in [0.717, 1.165) is 35.0 Å². The quantitative estimate of drug-likeness (QED) is 0.688. The molecule has 0 atom stereocenters. The van der Waals surface area contributed by atoms with Crippen molar-refractivity contribution in [2.45, 2.75) is 39.5 Å². The van der Waals surface area contributed by atoms with Gasteiger partial charge in [0.25, 0.3) is 0 Å².